The van der Waals surface area contributed by atoms with Crippen LogP contribution < -0.4 is 14.9 Å². The molecular weight excluding hydrogens is 720 g/mol. The molecule has 2 aliphatic rings. The molecule has 1 aromatic heterocycles. The number of aliphatic hydroxyl groups is 7. The van der Waals surface area contributed by atoms with Crippen molar-refractivity contribution in [3.63, 3.8) is 0 Å². The highest BCUT2D eigenvalue weighted by atomic mass is 16.7. The van der Waals surface area contributed by atoms with E-state index in [1.54, 1.807) is 12.1 Å². The third-order valence-electron chi connectivity index (χ3n) is 8.73. The molecule has 2 saturated heterocycles. The van der Waals surface area contributed by atoms with Gasteiger partial charge in [-0.15, -0.1) is 0 Å². The Morgan fingerprint density at radius 2 is 1.30 bits per heavy atom. The summed E-state index contributed by atoms with van der Waals surface area (Å²) in [6.07, 6.45) is -14.8. The molecule has 6 rings (SSSR count). The van der Waals surface area contributed by atoms with E-state index in [-0.39, 0.29) is 34.2 Å². The van der Waals surface area contributed by atoms with Gasteiger partial charge in [0.2, 0.25) is 23.8 Å². The van der Waals surface area contributed by atoms with E-state index in [1.165, 1.54) is 42.5 Å². The van der Waals surface area contributed by atoms with Gasteiger partial charge < -0.3 is 79.2 Å². The fourth-order valence-corrected chi connectivity index (χ4v) is 5.76. The van der Waals surface area contributed by atoms with Gasteiger partial charge in [0, 0.05) is 23.8 Å². The maximum absolute atomic E-state index is 14.0. The van der Waals surface area contributed by atoms with E-state index in [2.05, 4.69) is 0 Å². The van der Waals surface area contributed by atoms with Gasteiger partial charge in [-0.1, -0.05) is 12.1 Å². The van der Waals surface area contributed by atoms with Crippen molar-refractivity contribution in [2.24, 2.45) is 0 Å². The first-order valence-corrected chi connectivity index (χ1v) is 16.4. The molecule has 3 heterocycles. The fraction of sp³-hybridized carbons (Fsp3) is 0.333. The number of ether oxygens (including phenoxy) is 5. The van der Waals surface area contributed by atoms with E-state index in [4.69, 9.17) is 28.1 Å². The molecule has 0 radical (unpaired) electrons. The zero-order chi connectivity index (χ0) is 38.8. The van der Waals surface area contributed by atoms with Crippen LogP contribution in [-0.4, -0.2) is 132 Å². The van der Waals surface area contributed by atoms with E-state index >= 15 is 0 Å². The Bertz CT molecular complexity index is 2030. The molecule has 18 nitrogen and oxygen atoms in total. The minimum atomic E-state index is -1.98. The number of aliphatic hydroxyl groups excluding tert-OH is 7. The molecular formula is C36H36O18. The predicted octanol–water partition coefficient (Wildman–Crippen LogP) is -0.802. The molecule has 288 valence electrons. The molecule has 0 bridgehead atoms. The molecule has 2 fully saturated rings. The van der Waals surface area contributed by atoms with Crippen LogP contribution in [0.25, 0.3) is 28.4 Å². The lowest BCUT2D eigenvalue weighted by molar-refractivity contribution is -0.278. The Kier molecular flexibility index (Phi) is 11.4. The number of fused-ring (bicyclic) bond motifs is 1. The number of esters is 1. The Balaban J connectivity index is 1.29. The summed E-state index contributed by atoms with van der Waals surface area (Å²) >= 11 is 0. The first kappa shape index (κ1) is 38.4. The van der Waals surface area contributed by atoms with Crippen LogP contribution in [0.5, 0.6) is 28.7 Å². The van der Waals surface area contributed by atoms with Crippen molar-refractivity contribution in [1.82, 2.24) is 0 Å². The minimum Gasteiger partial charge on any atom is -0.508 e. The summed E-state index contributed by atoms with van der Waals surface area (Å²) in [5.74, 6) is -2.99. The molecule has 5 unspecified atom stereocenters. The lowest BCUT2D eigenvalue weighted by Gasteiger charge is -2.39. The molecule has 0 spiro atoms. The summed E-state index contributed by atoms with van der Waals surface area (Å²) in [5, 5.41) is 102. The summed E-state index contributed by atoms with van der Waals surface area (Å²) in [5.41, 5.74) is -0.665. The molecule has 0 amide bonds. The maximum Gasteiger partial charge on any atom is 0.330 e. The average molecular weight is 757 g/mol. The number of carbonyl (C=O) groups excluding carboxylic acids is 1. The van der Waals surface area contributed by atoms with Crippen LogP contribution >= 0.6 is 0 Å². The van der Waals surface area contributed by atoms with Gasteiger partial charge in [-0.2, -0.15) is 0 Å². The van der Waals surface area contributed by atoms with Crippen molar-refractivity contribution < 1.29 is 84.0 Å². The van der Waals surface area contributed by atoms with Gasteiger partial charge in [-0.25, -0.2) is 4.79 Å². The number of phenolic OH excluding ortho intramolecular Hbond substituents is 3. The van der Waals surface area contributed by atoms with E-state index in [0.29, 0.717) is 5.56 Å². The van der Waals surface area contributed by atoms with Crippen LogP contribution in [0.2, 0.25) is 0 Å². The molecule has 3 aromatic carbocycles. The number of rotatable bonds is 10. The molecule has 0 aliphatic carbocycles. The van der Waals surface area contributed by atoms with Crippen molar-refractivity contribution in [3.8, 4) is 40.1 Å². The molecule has 10 N–H and O–H groups in total. The highest BCUT2D eigenvalue weighted by molar-refractivity contribution is 5.88. The van der Waals surface area contributed by atoms with Gasteiger partial charge in [0.05, 0.1) is 6.61 Å². The largest absolute Gasteiger partial charge is 0.508 e. The number of aromatic hydroxyl groups is 3. The van der Waals surface area contributed by atoms with Crippen LogP contribution in [0.1, 0.15) is 5.56 Å². The Morgan fingerprint density at radius 1 is 0.722 bits per heavy atom. The van der Waals surface area contributed by atoms with Crippen molar-refractivity contribution >= 4 is 23.0 Å². The Morgan fingerprint density at radius 3 is 1.93 bits per heavy atom. The van der Waals surface area contributed by atoms with Crippen LogP contribution in [0, 0.1) is 0 Å². The lowest BCUT2D eigenvalue weighted by atomic mass is 9.99. The maximum atomic E-state index is 14.0. The predicted molar refractivity (Wildman–Crippen MR) is 181 cm³/mol. The smallest absolute Gasteiger partial charge is 0.330 e. The summed E-state index contributed by atoms with van der Waals surface area (Å²) in [6, 6.07) is 13.2. The van der Waals surface area contributed by atoms with Gasteiger partial charge in [0.1, 0.15) is 89.4 Å². The fourth-order valence-electron chi connectivity index (χ4n) is 5.76. The second kappa shape index (κ2) is 16.0. The number of phenols is 3. The van der Waals surface area contributed by atoms with Crippen molar-refractivity contribution in [3.05, 3.63) is 82.5 Å². The zero-order valence-corrected chi connectivity index (χ0v) is 27.9. The highest BCUT2D eigenvalue weighted by Gasteiger charge is 2.47. The van der Waals surface area contributed by atoms with Crippen LogP contribution in [0.4, 0.5) is 0 Å². The van der Waals surface area contributed by atoms with Crippen LogP contribution in [0.3, 0.4) is 0 Å². The Labute approximate surface area is 304 Å². The third-order valence-corrected chi connectivity index (χ3v) is 8.73. The number of hydrogen-bond donors (Lipinski definition) is 10. The average Bonchev–Trinajstić information content (AvgIpc) is 3.15. The summed E-state index contributed by atoms with van der Waals surface area (Å²) in [6.45, 7) is -1.37. The van der Waals surface area contributed by atoms with E-state index in [0.717, 1.165) is 18.2 Å². The van der Waals surface area contributed by atoms with E-state index in [9.17, 15) is 60.7 Å². The molecule has 0 saturated carbocycles. The summed E-state index contributed by atoms with van der Waals surface area (Å²) < 4.78 is 33.6. The highest BCUT2D eigenvalue weighted by Crippen LogP contribution is 2.38. The van der Waals surface area contributed by atoms with Crippen molar-refractivity contribution in [2.75, 3.05) is 13.2 Å². The third kappa shape index (κ3) is 7.97. The van der Waals surface area contributed by atoms with Gasteiger partial charge in [0.15, 0.2) is 5.76 Å². The molecule has 18 heteroatoms. The van der Waals surface area contributed by atoms with Crippen molar-refractivity contribution in [2.45, 2.75) is 61.4 Å². The topological polar surface area (TPSA) is 296 Å². The van der Waals surface area contributed by atoms with Gasteiger partial charge in [-0.05, 0) is 48.0 Å². The monoisotopic (exact) mass is 756 g/mol. The van der Waals surface area contributed by atoms with Gasteiger partial charge >= 0.3 is 5.97 Å². The molecule has 2 aliphatic heterocycles. The molecule has 54 heavy (non-hydrogen) atoms. The molecule has 10 atom stereocenters. The quantitative estimate of drug-likeness (QED) is 0.0700. The minimum absolute atomic E-state index is 0.0259. The second-order valence-corrected chi connectivity index (χ2v) is 12.5. The van der Waals surface area contributed by atoms with Crippen LogP contribution in [0.15, 0.2) is 76.0 Å². The number of hydrogen-bond acceptors (Lipinski definition) is 18. The van der Waals surface area contributed by atoms with Gasteiger partial charge in [0.25, 0.3) is 0 Å². The van der Waals surface area contributed by atoms with Crippen molar-refractivity contribution in [1.29, 1.82) is 0 Å². The summed E-state index contributed by atoms with van der Waals surface area (Å²) in [4.78, 5) is 26.4. The van der Waals surface area contributed by atoms with Crippen LogP contribution in [-0.2, 0) is 19.0 Å². The van der Waals surface area contributed by atoms with Gasteiger partial charge in [-0.3, -0.25) is 4.79 Å². The second-order valence-electron chi connectivity index (χ2n) is 12.5. The lowest BCUT2D eigenvalue weighted by Crippen LogP contribution is -2.60. The first-order chi connectivity index (χ1) is 25.7. The normalized spacial score (nSPS) is 28.6. The SMILES string of the molecule is O=C(C=Cc1ccc(O)cc1)OCC1O[C@@H](Oc2c(-c3ccc(O)cc3)oc3cc(O[C@@H]4OC(CO)[C@@H](O)[C@H](O)C4O)cc(O)c3c2=O)C(O)C(O)[C@@H]1O. The summed E-state index contributed by atoms with van der Waals surface area (Å²) in [7, 11) is 0. The first-order valence-electron chi connectivity index (χ1n) is 16.4. The zero-order valence-electron chi connectivity index (χ0n) is 27.9. The molecule has 4 aromatic rings. The number of carbonyl (C=O) groups is 1. The standard InChI is InChI=1S/C36H36O18/c37-13-22-26(42)29(45)31(47)35(52-22)50-19-11-20(40)25-21(12-19)51-33(16-4-8-18(39)9-5-16)34(28(25)44)54-36-32(48)30(46)27(43)23(53-36)14-49-24(41)10-3-15-1-6-17(38)7-2-15/h1-12,22-23,26-27,29-32,35-40,42-43,45-48H,13-14H2/t22?,23?,26-,27-,29+,30?,31?,32?,35-,36+/m1/s1. The van der Waals surface area contributed by atoms with E-state index in [1.807, 2.05) is 0 Å². The Hall–Kier alpha value is -5.28. The van der Waals surface area contributed by atoms with E-state index < -0.39 is 103 Å². The number of benzene rings is 3.